The first-order valence-corrected chi connectivity index (χ1v) is 7.54. The summed E-state index contributed by atoms with van der Waals surface area (Å²) in [6.07, 6.45) is 6.40. The molecule has 19 heavy (non-hydrogen) atoms. The third kappa shape index (κ3) is 3.80. The molecule has 108 valence electrons. The second-order valence-electron chi connectivity index (χ2n) is 5.90. The molecule has 0 saturated carbocycles. The highest BCUT2D eigenvalue weighted by Crippen LogP contribution is 2.34. The van der Waals surface area contributed by atoms with Gasteiger partial charge in [0.25, 0.3) is 0 Å². The molecule has 0 amide bonds. The Bertz CT molecular complexity index is 375. The Labute approximate surface area is 116 Å². The third-order valence-electron chi connectivity index (χ3n) is 3.67. The van der Waals surface area contributed by atoms with E-state index in [1.807, 2.05) is 12.5 Å². The molecule has 2 heterocycles. The highest BCUT2D eigenvalue weighted by Gasteiger charge is 2.31. The molecule has 4 nitrogen and oxygen atoms in total. The van der Waals surface area contributed by atoms with Crippen molar-refractivity contribution in [3.8, 4) is 0 Å². The van der Waals surface area contributed by atoms with E-state index >= 15 is 0 Å². The van der Waals surface area contributed by atoms with Crippen LogP contribution in [0.15, 0.2) is 12.5 Å². The summed E-state index contributed by atoms with van der Waals surface area (Å²) in [5, 5.41) is 3.56. The Morgan fingerprint density at radius 2 is 2.37 bits per heavy atom. The van der Waals surface area contributed by atoms with Gasteiger partial charge >= 0.3 is 0 Å². The molecule has 1 aromatic rings. The largest absolute Gasteiger partial charge is 0.372 e. The molecular formula is C15H27N3O. The van der Waals surface area contributed by atoms with Gasteiger partial charge in [-0.2, -0.15) is 0 Å². The molecule has 1 N–H and O–H groups in total. The van der Waals surface area contributed by atoms with Gasteiger partial charge < -0.3 is 14.6 Å². The molecule has 1 aliphatic heterocycles. The van der Waals surface area contributed by atoms with Gasteiger partial charge in [0.15, 0.2) is 0 Å². The minimum atomic E-state index is 0.216. The fraction of sp³-hybridized carbons (Fsp3) is 0.800. The van der Waals surface area contributed by atoms with Crippen molar-refractivity contribution in [3.63, 3.8) is 0 Å². The van der Waals surface area contributed by atoms with Crippen LogP contribution in [0, 0.1) is 11.8 Å². The van der Waals surface area contributed by atoms with E-state index in [9.17, 15) is 0 Å². The first kappa shape index (κ1) is 14.5. The Morgan fingerprint density at radius 3 is 3.11 bits per heavy atom. The lowest BCUT2D eigenvalue weighted by atomic mass is 9.99. The van der Waals surface area contributed by atoms with Gasteiger partial charge in [-0.25, -0.2) is 4.98 Å². The predicted molar refractivity (Wildman–Crippen MR) is 77.0 cm³/mol. The van der Waals surface area contributed by atoms with Crippen molar-refractivity contribution in [2.45, 2.75) is 46.3 Å². The van der Waals surface area contributed by atoms with Crippen LogP contribution in [0.3, 0.4) is 0 Å². The summed E-state index contributed by atoms with van der Waals surface area (Å²) in [4.78, 5) is 4.29. The number of nitrogens with zero attached hydrogens (tertiary/aromatic N) is 2. The first-order chi connectivity index (χ1) is 9.22. The summed E-state index contributed by atoms with van der Waals surface area (Å²) in [5.74, 6) is 1.28. The minimum absolute atomic E-state index is 0.216. The van der Waals surface area contributed by atoms with Crippen molar-refractivity contribution < 1.29 is 4.74 Å². The predicted octanol–water partition coefficient (Wildman–Crippen LogP) is 2.62. The molecule has 1 fully saturated rings. The zero-order chi connectivity index (χ0) is 13.7. The van der Waals surface area contributed by atoms with Gasteiger partial charge in [0.2, 0.25) is 0 Å². The van der Waals surface area contributed by atoms with Crippen LogP contribution in [-0.2, 0) is 11.3 Å². The molecular weight excluding hydrogens is 238 g/mol. The first-order valence-electron chi connectivity index (χ1n) is 7.54. The summed E-state index contributed by atoms with van der Waals surface area (Å²) in [6.45, 7) is 10.7. The molecule has 2 unspecified atom stereocenters. The number of aromatic nitrogens is 2. The zero-order valence-corrected chi connectivity index (χ0v) is 12.4. The lowest BCUT2D eigenvalue weighted by Crippen LogP contribution is -2.28. The second kappa shape index (κ2) is 7.06. The summed E-state index contributed by atoms with van der Waals surface area (Å²) in [5.41, 5.74) is 1.25. The Morgan fingerprint density at radius 1 is 1.53 bits per heavy atom. The monoisotopic (exact) mass is 265 g/mol. The Kier molecular flexibility index (Phi) is 5.40. The number of ether oxygens (including phenoxy) is 1. The number of rotatable bonds is 7. The SMILES string of the molecule is CCCn1cncc1C1OCCC1CNCC(C)C. The van der Waals surface area contributed by atoms with Crippen molar-refractivity contribution in [2.24, 2.45) is 11.8 Å². The minimum Gasteiger partial charge on any atom is -0.372 e. The van der Waals surface area contributed by atoms with E-state index < -0.39 is 0 Å². The van der Waals surface area contributed by atoms with E-state index in [1.54, 1.807) is 0 Å². The van der Waals surface area contributed by atoms with Crippen molar-refractivity contribution in [1.29, 1.82) is 0 Å². The van der Waals surface area contributed by atoms with Crippen LogP contribution in [0.5, 0.6) is 0 Å². The number of imidazole rings is 1. The number of hydrogen-bond acceptors (Lipinski definition) is 3. The van der Waals surface area contributed by atoms with Crippen LogP contribution in [0.2, 0.25) is 0 Å². The molecule has 0 aliphatic carbocycles. The molecule has 1 aromatic heterocycles. The van der Waals surface area contributed by atoms with Crippen LogP contribution < -0.4 is 5.32 Å². The van der Waals surface area contributed by atoms with Crippen LogP contribution in [0.4, 0.5) is 0 Å². The summed E-state index contributed by atoms with van der Waals surface area (Å²) < 4.78 is 8.20. The molecule has 4 heteroatoms. The van der Waals surface area contributed by atoms with Crippen LogP contribution in [0.1, 0.15) is 45.4 Å². The summed E-state index contributed by atoms with van der Waals surface area (Å²) in [7, 11) is 0. The van der Waals surface area contributed by atoms with Gasteiger partial charge in [-0.1, -0.05) is 20.8 Å². The van der Waals surface area contributed by atoms with Gasteiger partial charge in [-0.3, -0.25) is 0 Å². The average Bonchev–Trinajstić information content (AvgIpc) is 2.97. The van der Waals surface area contributed by atoms with Crippen LogP contribution >= 0.6 is 0 Å². The molecule has 0 spiro atoms. The second-order valence-corrected chi connectivity index (χ2v) is 5.90. The van der Waals surface area contributed by atoms with E-state index in [4.69, 9.17) is 4.74 Å². The molecule has 0 radical (unpaired) electrons. The topological polar surface area (TPSA) is 39.1 Å². The summed E-state index contributed by atoms with van der Waals surface area (Å²) in [6, 6.07) is 0. The molecule has 0 bridgehead atoms. The van der Waals surface area contributed by atoms with Gasteiger partial charge in [-0.15, -0.1) is 0 Å². The Balaban J connectivity index is 1.95. The van der Waals surface area contributed by atoms with E-state index in [1.165, 1.54) is 5.69 Å². The molecule has 1 aliphatic rings. The van der Waals surface area contributed by atoms with E-state index in [-0.39, 0.29) is 6.10 Å². The van der Waals surface area contributed by atoms with Gasteiger partial charge in [0, 0.05) is 25.6 Å². The smallest absolute Gasteiger partial charge is 0.103 e. The normalized spacial score (nSPS) is 23.4. The Hall–Kier alpha value is -0.870. The van der Waals surface area contributed by atoms with E-state index in [2.05, 4.69) is 35.6 Å². The standard InChI is InChI=1S/C15H27N3O/c1-4-6-18-11-17-10-14(18)15-13(5-7-19-15)9-16-8-12(2)3/h10-13,15-16H,4-9H2,1-3H3. The molecule has 2 atom stereocenters. The van der Waals surface area contributed by atoms with E-state index in [0.717, 1.165) is 39.1 Å². The van der Waals surface area contributed by atoms with Crippen molar-refractivity contribution in [2.75, 3.05) is 19.7 Å². The quantitative estimate of drug-likeness (QED) is 0.823. The van der Waals surface area contributed by atoms with Gasteiger partial charge in [0.05, 0.1) is 18.2 Å². The highest BCUT2D eigenvalue weighted by molar-refractivity contribution is 5.07. The maximum absolute atomic E-state index is 5.95. The van der Waals surface area contributed by atoms with Gasteiger partial charge in [-0.05, 0) is 25.3 Å². The maximum Gasteiger partial charge on any atom is 0.103 e. The number of aryl methyl sites for hydroxylation is 1. The van der Waals surface area contributed by atoms with Gasteiger partial charge in [0.1, 0.15) is 6.10 Å². The third-order valence-corrected chi connectivity index (χ3v) is 3.67. The number of nitrogens with one attached hydrogen (secondary N) is 1. The van der Waals surface area contributed by atoms with Crippen LogP contribution in [0.25, 0.3) is 0 Å². The molecule has 0 aromatic carbocycles. The lowest BCUT2D eigenvalue weighted by molar-refractivity contribution is 0.0837. The van der Waals surface area contributed by atoms with Crippen LogP contribution in [-0.4, -0.2) is 29.2 Å². The molecule has 2 rings (SSSR count). The highest BCUT2D eigenvalue weighted by atomic mass is 16.5. The van der Waals surface area contributed by atoms with E-state index in [0.29, 0.717) is 11.8 Å². The maximum atomic E-state index is 5.95. The molecule has 1 saturated heterocycles. The fourth-order valence-corrected chi connectivity index (χ4v) is 2.72. The average molecular weight is 265 g/mol. The number of hydrogen-bond donors (Lipinski definition) is 1. The van der Waals surface area contributed by atoms with Crippen molar-refractivity contribution in [3.05, 3.63) is 18.2 Å². The van der Waals surface area contributed by atoms with Crippen molar-refractivity contribution >= 4 is 0 Å². The summed E-state index contributed by atoms with van der Waals surface area (Å²) >= 11 is 0. The van der Waals surface area contributed by atoms with Crippen molar-refractivity contribution in [1.82, 2.24) is 14.9 Å². The fourth-order valence-electron chi connectivity index (χ4n) is 2.72. The zero-order valence-electron chi connectivity index (χ0n) is 12.4. The lowest BCUT2D eigenvalue weighted by Gasteiger charge is -2.21.